The molecular formula is C15H17FN2O2S. The summed E-state index contributed by atoms with van der Waals surface area (Å²) in [5.74, 6) is -0.571. The first kappa shape index (κ1) is 15.6. The van der Waals surface area contributed by atoms with Gasteiger partial charge in [-0.05, 0) is 30.2 Å². The van der Waals surface area contributed by atoms with E-state index in [0.29, 0.717) is 5.56 Å². The van der Waals surface area contributed by atoms with E-state index in [2.05, 4.69) is 4.72 Å². The van der Waals surface area contributed by atoms with Crippen LogP contribution in [0.3, 0.4) is 0 Å². The van der Waals surface area contributed by atoms with Gasteiger partial charge in [0, 0.05) is 18.7 Å². The maximum atomic E-state index is 13.8. The monoisotopic (exact) mass is 308 g/mol. The Morgan fingerprint density at radius 2 is 1.81 bits per heavy atom. The van der Waals surface area contributed by atoms with Crippen LogP contribution in [0.2, 0.25) is 0 Å². The Morgan fingerprint density at radius 3 is 2.43 bits per heavy atom. The van der Waals surface area contributed by atoms with Crippen LogP contribution in [-0.2, 0) is 23.1 Å². The van der Waals surface area contributed by atoms with Crippen molar-refractivity contribution >= 4 is 10.0 Å². The van der Waals surface area contributed by atoms with Crippen molar-refractivity contribution in [1.29, 1.82) is 0 Å². The van der Waals surface area contributed by atoms with Crippen LogP contribution in [0.1, 0.15) is 16.7 Å². The lowest BCUT2D eigenvalue weighted by atomic mass is 10.1. The van der Waals surface area contributed by atoms with Gasteiger partial charge in [-0.25, -0.2) is 17.5 Å². The summed E-state index contributed by atoms with van der Waals surface area (Å²) in [7, 11) is -3.79. The van der Waals surface area contributed by atoms with E-state index in [1.54, 1.807) is 0 Å². The molecule has 0 heterocycles. The lowest BCUT2D eigenvalue weighted by Gasteiger charge is -2.11. The van der Waals surface area contributed by atoms with E-state index in [4.69, 9.17) is 5.73 Å². The molecule has 2 aromatic rings. The molecule has 6 heteroatoms. The first-order valence-corrected chi connectivity index (χ1v) is 7.95. The van der Waals surface area contributed by atoms with Crippen molar-refractivity contribution < 1.29 is 12.8 Å². The van der Waals surface area contributed by atoms with Gasteiger partial charge in [-0.3, -0.25) is 0 Å². The van der Waals surface area contributed by atoms with Gasteiger partial charge in [-0.1, -0.05) is 30.3 Å². The SMILES string of the molecule is Cc1c(F)cc(CN)cc1S(=O)(=O)NCc1ccccc1. The fourth-order valence-electron chi connectivity index (χ4n) is 1.96. The van der Waals surface area contributed by atoms with E-state index in [1.807, 2.05) is 30.3 Å². The van der Waals surface area contributed by atoms with Crippen molar-refractivity contribution in [2.75, 3.05) is 0 Å². The van der Waals surface area contributed by atoms with Gasteiger partial charge in [0.15, 0.2) is 0 Å². The van der Waals surface area contributed by atoms with Crippen LogP contribution in [0.25, 0.3) is 0 Å². The highest BCUT2D eigenvalue weighted by molar-refractivity contribution is 7.89. The van der Waals surface area contributed by atoms with Crippen molar-refractivity contribution in [3.05, 3.63) is 65.0 Å². The fraction of sp³-hybridized carbons (Fsp3) is 0.200. The maximum Gasteiger partial charge on any atom is 0.241 e. The molecule has 0 spiro atoms. The van der Waals surface area contributed by atoms with Crippen molar-refractivity contribution in [2.45, 2.75) is 24.9 Å². The molecule has 0 aliphatic carbocycles. The molecule has 3 N–H and O–H groups in total. The number of nitrogens with two attached hydrogens (primary N) is 1. The summed E-state index contributed by atoms with van der Waals surface area (Å²) in [5, 5.41) is 0. The zero-order valence-corrected chi connectivity index (χ0v) is 12.5. The van der Waals surface area contributed by atoms with Crippen molar-refractivity contribution in [3.63, 3.8) is 0 Å². The number of rotatable bonds is 5. The van der Waals surface area contributed by atoms with Gasteiger partial charge in [0.2, 0.25) is 10.0 Å². The van der Waals surface area contributed by atoms with Gasteiger partial charge < -0.3 is 5.73 Å². The van der Waals surface area contributed by atoms with Crippen molar-refractivity contribution in [1.82, 2.24) is 4.72 Å². The lowest BCUT2D eigenvalue weighted by Crippen LogP contribution is -2.24. The van der Waals surface area contributed by atoms with Gasteiger partial charge in [-0.15, -0.1) is 0 Å². The molecule has 0 saturated carbocycles. The first-order chi connectivity index (χ1) is 9.94. The molecule has 0 fully saturated rings. The molecule has 0 aliphatic rings. The van der Waals surface area contributed by atoms with Crippen molar-refractivity contribution in [3.8, 4) is 0 Å². The maximum absolute atomic E-state index is 13.8. The number of halogens is 1. The third-order valence-electron chi connectivity index (χ3n) is 3.19. The molecule has 112 valence electrons. The molecule has 0 saturated heterocycles. The molecule has 21 heavy (non-hydrogen) atoms. The number of benzene rings is 2. The second-order valence-corrected chi connectivity index (χ2v) is 6.45. The second kappa shape index (κ2) is 6.34. The van der Waals surface area contributed by atoms with Gasteiger partial charge >= 0.3 is 0 Å². The van der Waals surface area contributed by atoms with Crippen LogP contribution < -0.4 is 10.5 Å². The second-order valence-electron chi connectivity index (χ2n) is 4.72. The summed E-state index contributed by atoms with van der Waals surface area (Å²) in [5.41, 5.74) is 6.83. The Labute approximate surface area is 123 Å². The number of sulfonamides is 1. The predicted molar refractivity (Wildman–Crippen MR) is 79.5 cm³/mol. The Kier molecular flexibility index (Phi) is 4.72. The molecule has 4 nitrogen and oxygen atoms in total. The zero-order chi connectivity index (χ0) is 15.5. The highest BCUT2D eigenvalue weighted by atomic mass is 32.2. The minimum atomic E-state index is -3.79. The molecule has 2 rings (SSSR count). The normalized spacial score (nSPS) is 11.6. The van der Waals surface area contributed by atoms with Crippen LogP contribution >= 0.6 is 0 Å². The number of nitrogens with one attached hydrogen (secondary N) is 1. The molecule has 0 aromatic heterocycles. The topological polar surface area (TPSA) is 72.2 Å². The average molecular weight is 308 g/mol. The van der Waals surface area contributed by atoms with E-state index in [9.17, 15) is 12.8 Å². The van der Waals surface area contributed by atoms with Crippen molar-refractivity contribution in [2.24, 2.45) is 5.73 Å². The molecular weight excluding hydrogens is 291 g/mol. The molecule has 0 atom stereocenters. The van der Waals surface area contributed by atoms with E-state index >= 15 is 0 Å². The van der Waals surface area contributed by atoms with Crippen LogP contribution in [0.5, 0.6) is 0 Å². The van der Waals surface area contributed by atoms with E-state index in [0.717, 1.165) is 5.56 Å². The van der Waals surface area contributed by atoms with E-state index in [-0.39, 0.29) is 23.5 Å². The predicted octanol–water partition coefficient (Wildman–Crippen LogP) is 2.07. The quantitative estimate of drug-likeness (QED) is 0.888. The average Bonchev–Trinajstić information content (AvgIpc) is 2.48. The van der Waals surface area contributed by atoms with Crippen LogP contribution in [0.15, 0.2) is 47.4 Å². The molecule has 0 aliphatic heterocycles. The smallest absolute Gasteiger partial charge is 0.241 e. The van der Waals surface area contributed by atoms with Crippen LogP contribution in [0, 0.1) is 12.7 Å². The molecule has 0 amide bonds. The molecule has 0 radical (unpaired) electrons. The first-order valence-electron chi connectivity index (χ1n) is 6.46. The number of hydrogen-bond acceptors (Lipinski definition) is 3. The minimum Gasteiger partial charge on any atom is -0.326 e. The third kappa shape index (κ3) is 3.66. The summed E-state index contributed by atoms with van der Waals surface area (Å²) in [4.78, 5) is -0.0705. The van der Waals surface area contributed by atoms with Gasteiger partial charge in [-0.2, -0.15) is 0 Å². The summed E-state index contributed by atoms with van der Waals surface area (Å²) < 4.78 is 40.9. The Bertz CT molecular complexity index is 731. The summed E-state index contributed by atoms with van der Waals surface area (Å²) in [6.07, 6.45) is 0. The standard InChI is InChI=1S/C15H17FN2O2S/c1-11-14(16)7-13(9-17)8-15(11)21(19,20)18-10-12-5-3-2-4-6-12/h2-8,18H,9-10,17H2,1H3. The highest BCUT2D eigenvalue weighted by Gasteiger charge is 2.19. The fourth-order valence-corrected chi connectivity index (χ4v) is 3.28. The Balaban J connectivity index is 2.29. The molecule has 2 aromatic carbocycles. The number of hydrogen-bond donors (Lipinski definition) is 2. The summed E-state index contributed by atoms with van der Waals surface area (Å²) >= 11 is 0. The van der Waals surface area contributed by atoms with Crippen LogP contribution in [-0.4, -0.2) is 8.42 Å². The van der Waals surface area contributed by atoms with Gasteiger partial charge in [0.1, 0.15) is 5.82 Å². The largest absolute Gasteiger partial charge is 0.326 e. The zero-order valence-electron chi connectivity index (χ0n) is 11.6. The summed E-state index contributed by atoms with van der Waals surface area (Å²) in [6, 6.07) is 11.8. The van der Waals surface area contributed by atoms with Gasteiger partial charge in [0.05, 0.1) is 4.90 Å². The Morgan fingerprint density at radius 1 is 1.14 bits per heavy atom. The van der Waals surface area contributed by atoms with E-state index < -0.39 is 15.8 Å². The lowest BCUT2D eigenvalue weighted by molar-refractivity contribution is 0.573. The van der Waals surface area contributed by atoms with E-state index in [1.165, 1.54) is 19.1 Å². The molecule has 0 bridgehead atoms. The highest BCUT2D eigenvalue weighted by Crippen LogP contribution is 2.20. The van der Waals surface area contributed by atoms with Crippen LogP contribution in [0.4, 0.5) is 4.39 Å². The third-order valence-corrected chi connectivity index (χ3v) is 4.72. The minimum absolute atomic E-state index is 0.0705. The van der Waals surface area contributed by atoms with Gasteiger partial charge in [0.25, 0.3) is 0 Å². The Hall–Kier alpha value is -1.76. The summed E-state index contributed by atoms with van der Waals surface area (Å²) in [6.45, 7) is 1.67. The molecule has 0 unspecified atom stereocenters.